The molecule has 8 heteroatoms. The fraction of sp³-hybridized carbons (Fsp3) is 0.105. The Morgan fingerprint density at radius 1 is 1.19 bits per heavy atom. The second-order valence-electron chi connectivity index (χ2n) is 6.12. The van der Waals surface area contributed by atoms with E-state index in [9.17, 15) is 14.0 Å². The van der Waals surface area contributed by atoms with Crippen molar-refractivity contribution in [1.29, 1.82) is 0 Å². The van der Waals surface area contributed by atoms with Crippen molar-refractivity contribution in [3.05, 3.63) is 65.6 Å². The molecule has 4 rings (SSSR count). The van der Waals surface area contributed by atoms with Gasteiger partial charge in [-0.15, -0.1) is 0 Å². The lowest BCUT2D eigenvalue weighted by atomic mass is 10.1. The summed E-state index contributed by atoms with van der Waals surface area (Å²) >= 11 is 5.91. The zero-order valence-electron chi connectivity index (χ0n) is 13.9. The molecule has 1 aliphatic rings. The Morgan fingerprint density at radius 3 is 2.59 bits per heavy atom. The lowest BCUT2D eigenvalue weighted by Gasteiger charge is -2.09. The van der Waals surface area contributed by atoms with Crippen LogP contribution in [0.15, 0.2) is 54.7 Å². The zero-order chi connectivity index (χ0) is 19.0. The molecule has 136 valence electrons. The normalized spacial score (nSPS) is 15.3. The highest BCUT2D eigenvalue weighted by Crippen LogP contribution is 2.36. The van der Waals surface area contributed by atoms with Gasteiger partial charge in [-0.3, -0.25) is 9.59 Å². The Bertz CT molecular complexity index is 1020. The monoisotopic (exact) mass is 384 g/mol. The van der Waals surface area contributed by atoms with Crippen LogP contribution in [0.2, 0.25) is 5.02 Å². The van der Waals surface area contributed by atoms with Crippen LogP contribution in [0.25, 0.3) is 11.1 Å². The molecule has 2 amide bonds. The minimum Gasteiger partial charge on any atom is -0.326 e. The summed E-state index contributed by atoms with van der Waals surface area (Å²) in [6, 6.07) is 11.9. The van der Waals surface area contributed by atoms with Crippen LogP contribution >= 0.6 is 11.6 Å². The van der Waals surface area contributed by atoms with E-state index in [1.54, 1.807) is 18.3 Å². The number of carbonyl (C=O) groups excluding carboxylic acids is 2. The van der Waals surface area contributed by atoms with E-state index in [0.717, 1.165) is 11.1 Å². The van der Waals surface area contributed by atoms with E-state index in [-0.39, 0.29) is 24.1 Å². The number of nitrogens with one attached hydrogen (secondary N) is 2. The van der Waals surface area contributed by atoms with E-state index in [0.29, 0.717) is 16.5 Å². The molecular formula is C19H14ClFN4O2. The van der Waals surface area contributed by atoms with Gasteiger partial charge in [-0.25, -0.2) is 9.07 Å². The predicted octanol–water partition coefficient (Wildman–Crippen LogP) is 3.86. The van der Waals surface area contributed by atoms with Gasteiger partial charge in [0.1, 0.15) is 17.7 Å². The number of hydrogen-bond donors (Lipinski definition) is 2. The zero-order valence-corrected chi connectivity index (χ0v) is 14.7. The van der Waals surface area contributed by atoms with Crippen LogP contribution in [0.1, 0.15) is 12.5 Å². The molecule has 1 unspecified atom stereocenters. The van der Waals surface area contributed by atoms with Crippen LogP contribution < -0.4 is 10.6 Å². The molecule has 0 saturated carbocycles. The number of amides is 2. The van der Waals surface area contributed by atoms with Gasteiger partial charge >= 0.3 is 0 Å². The third-order valence-corrected chi connectivity index (χ3v) is 4.55. The minimum atomic E-state index is -0.749. The first kappa shape index (κ1) is 17.2. The number of carbonyl (C=O) groups is 2. The van der Waals surface area contributed by atoms with Crippen molar-refractivity contribution in [2.24, 2.45) is 0 Å². The summed E-state index contributed by atoms with van der Waals surface area (Å²) in [5.74, 6) is -0.512. The van der Waals surface area contributed by atoms with Crippen molar-refractivity contribution in [3.63, 3.8) is 0 Å². The molecule has 1 aliphatic heterocycles. The summed E-state index contributed by atoms with van der Waals surface area (Å²) in [7, 11) is 0. The Labute approximate surface area is 158 Å². The number of benzene rings is 2. The first-order valence-electron chi connectivity index (χ1n) is 8.21. The second-order valence-corrected chi connectivity index (χ2v) is 6.56. The van der Waals surface area contributed by atoms with E-state index < -0.39 is 6.04 Å². The van der Waals surface area contributed by atoms with Gasteiger partial charge in [0.05, 0.1) is 12.6 Å². The molecule has 0 spiro atoms. The molecule has 2 aromatic carbocycles. The van der Waals surface area contributed by atoms with Gasteiger partial charge in [0.15, 0.2) is 0 Å². The van der Waals surface area contributed by atoms with Crippen LogP contribution in [0, 0.1) is 5.82 Å². The van der Waals surface area contributed by atoms with Crippen LogP contribution in [-0.2, 0) is 9.59 Å². The van der Waals surface area contributed by atoms with E-state index in [1.165, 1.54) is 28.9 Å². The van der Waals surface area contributed by atoms with Gasteiger partial charge in [-0.05, 0) is 42.0 Å². The maximum Gasteiger partial charge on any atom is 0.251 e. The molecule has 0 fully saturated rings. The summed E-state index contributed by atoms with van der Waals surface area (Å²) in [6.45, 7) is 0. The van der Waals surface area contributed by atoms with E-state index in [1.807, 2.05) is 12.1 Å². The molecule has 1 aromatic heterocycles. The highest BCUT2D eigenvalue weighted by Gasteiger charge is 2.35. The van der Waals surface area contributed by atoms with Gasteiger partial charge in [-0.2, -0.15) is 5.10 Å². The van der Waals surface area contributed by atoms with Crippen LogP contribution in [0.3, 0.4) is 0 Å². The molecule has 2 heterocycles. The Kier molecular flexibility index (Phi) is 4.37. The first-order valence-corrected chi connectivity index (χ1v) is 8.59. The Hall–Kier alpha value is -3.19. The summed E-state index contributed by atoms with van der Waals surface area (Å²) in [6.07, 6.45) is 1.56. The highest BCUT2D eigenvalue weighted by atomic mass is 35.5. The van der Waals surface area contributed by atoms with Gasteiger partial charge in [0.2, 0.25) is 5.91 Å². The number of anilines is 2. The second kappa shape index (κ2) is 6.85. The molecule has 27 heavy (non-hydrogen) atoms. The standard InChI is InChI=1S/C19H14ClFN4O2/c20-12-3-1-11(2-4-12)15-10-22-25-16(19(27)24-18(15)25)9-17(26)23-14-7-5-13(21)6-8-14/h1-8,10,16H,9H2,(H,23,26)(H,24,27). The number of hydrogen-bond acceptors (Lipinski definition) is 3. The van der Waals surface area contributed by atoms with E-state index in [2.05, 4.69) is 15.7 Å². The largest absolute Gasteiger partial charge is 0.326 e. The number of nitrogens with zero attached hydrogens (tertiary/aromatic N) is 2. The Morgan fingerprint density at radius 2 is 1.89 bits per heavy atom. The maximum atomic E-state index is 12.9. The molecule has 0 aliphatic carbocycles. The topological polar surface area (TPSA) is 76.0 Å². The van der Waals surface area contributed by atoms with Crippen LogP contribution in [0.5, 0.6) is 0 Å². The lowest BCUT2D eigenvalue weighted by molar-refractivity contribution is -0.123. The van der Waals surface area contributed by atoms with Crippen molar-refractivity contribution in [1.82, 2.24) is 9.78 Å². The number of fused-ring (bicyclic) bond motifs is 1. The smallest absolute Gasteiger partial charge is 0.251 e. The van der Waals surface area contributed by atoms with Crippen molar-refractivity contribution in [2.45, 2.75) is 12.5 Å². The average Bonchev–Trinajstić information content (AvgIpc) is 3.18. The fourth-order valence-corrected chi connectivity index (χ4v) is 3.10. The molecule has 2 N–H and O–H groups in total. The number of rotatable bonds is 4. The van der Waals surface area contributed by atoms with Crippen molar-refractivity contribution >= 4 is 34.9 Å². The molecule has 0 radical (unpaired) electrons. The van der Waals surface area contributed by atoms with Gasteiger partial charge in [0.25, 0.3) is 5.91 Å². The lowest BCUT2D eigenvalue weighted by Crippen LogP contribution is -2.23. The van der Waals surface area contributed by atoms with Crippen molar-refractivity contribution in [2.75, 3.05) is 10.6 Å². The summed E-state index contributed by atoms with van der Waals surface area (Å²) < 4.78 is 14.5. The van der Waals surface area contributed by atoms with Crippen molar-refractivity contribution < 1.29 is 14.0 Å². The highest BCUT2D eigenvalue weighted by molar-refractivity contribution is 6.30. The molecule has 0 saturated heterocycles. The summed E-state index contributed by atoms with van der Waals surface area (Å²) in [4.78, 5) is 24.6. The van der Waals surface area contributed by atoms with Crippen molar-refractivity contribution in [3.8, 4) is 11.1 Å². The SMILES string of the molecule is O=C(CC1C(=O)Nc2c(-c3ccc(Cl)cc3)cnn21)Nc1ccc(F)cc1. The molecule has 3 aromatic rings. The molecular weight excluding hydrogens is 371 g/mol. The van der Waals surface area contributed by atoms with Crippen LogP contribution in [-0.4, -0.2) is 21.6 Å². The summed E-state index contributed by atoms with van der Waals surface area (Å²) in [5.41, 5.74) is 2.07. The molecule has 0 bridgehead atoms. The van der Waals surface area contributed by atoms with E-state index in [4.69, 9.17) is 11.6 Å². The molecule has 1 atom stereocenters. The third-order valence-electron chi connectivity index (χ3n) is 4.30. The number of aromatic nitrogens is 2. The maximum absolute atomic E-state index is 12.9. The predicted molar refractivity (Wildman–Crippen MR) is 100.0 cm³/mol. The first-order chi connectivity index (χ1) is 13.0. The van der Waals surface area contributed by atoms with Gasteiger partial charge in [0, 0.05) is 16.3 Å². The number of halogens is 2. The van der Waals surface area contributed by atoms with E-state index >= 15 is 0 Å². The average molecular weight is 385 g/mol. The Balaban J connectivity index is 1.52. The fourth-order valence-electron chi connectivity index (χ4n) is 2.97. The van der Waals surface area contributed by atoms with Gasteiger partial charge in [-0.1, -0.05) is 23.7 Å². The third kappa shape index (κ3) is 3.41. The summed E-state index contributed by atoms with van der Waals surface area (Å²) in [5, 5.41) is 10.3. The molecule has 6 nitrogen and oxygen atoms in total. The minimum absolute atomic E-state index is 0.0854. The quantitative estimate of drug-likeness (QED) is 0.717. The van der Waals surface area contributed by atoms with Gasteiger partial charge < -0.3 is 10.6 Å². The van der Waals surface area contributed by atoms with Crippen LogP contribution in [0.4, 0.5) is 15.9 Å².